The van der Waals surface area contributed by atoms with Crippen molar-refractivity contribution in [2.24, 2.45) is 0 Å². The number of hydrogen-bond donors (Lipinski definition) is 1. The summed E-state index contributed by atoms with van der Waals surface area (Å²) < 4.78 is 21.3. The highest BCUT2D eigenvalue weighted by atomic mass is 35.7. The second-order valence-electron chi connectivity index (χ2n) is 1.91. The van der Waals surface area contributed by atoms with E-state index in [2.05, 4.69) is 0 Å². The molecule has 0 radical (unpaired) electrons. The van der Waals surface area contributed by atoms with Crippen LogP contribution in [0, 0.1) is 0 Å². The molecule has 0 atom stereocenters. The maximum Gasteiger partial charge on any atom is 0.264 e. The largest absolute Gasteiger partial charge is 0.507 e. The first-order valence-electron chi connectivity index (χ1n) is 2.74. The third kappa shape index (κ3) is 1.85. The Labute approximate surface area is 68.7 Å². The molecule has 0 aliphatic rings. The van der Waals surface area contributed by atoms with Gasteiger partial charge in [0.1, 0.15) is 10.6 Å². The summed E-state index contributed by atoms with van der Waals surface area (Å²) in [7, 11) is 1.16. The molecule has 0 aliphatic carbocycles. The van der Waals surface area contributed by atoms with Gasteiger partial charge in [-0.2, -0.15) is 0 Å². The molecule has 0 unspecified atom stereocenters. The normalized spacial score (nSPS) is 11.4. The van der Waals surface area contributed by atoms with Crippen LogP contribution in [0.1, 0.15) is 0 Å². The van der Waals surface area contributed by atoms with Crippen molar-refractivity contribution in [3.05, 3.63) is 24.3 Å². The third-order valence-electron chi connectivity index (χ3n) is 1.13. The topological polar surface area (TPSA) is 54.4 Å². The van der Waals surface area contributed by atoms with E-state index in [1.54, 1.807) is 0 Å². The molecule has 0 amide bonds. The zero-order valence-electron chi connectivity index (χ0n) is 5.36. The maximum absolute atomic E-state index is 10.7. The molecule has 11 heavy (non-hydrogen) atoms. The van der Waals surface area contributed by atoms with Crippen LogP contribution < -0.4 is 0 Å². The van der Waals surface area contributed by atoms with E-state index in [0.29, 0.717) is 0 Å². The van der Waals surface area contributed by atoms with Crippen LogP contribution in [0.5, 0.6) is 5.75 Å². The monoisotopic (exact) mass is 192 g/mol. The quantitative estimate of drug-likeness (QED) is 0.683. The second kappa shape index (κ2) is 2.71. The first-order valence-corrected chi connectivity index (χ1v) is 5.05. The molecule has 5 heteroatoms. The van der Waals surface area contributed by atoms with Crippen molar-refractivity contribution in [3.63, 3.8) is 0 Å². The lowest BCUT2D eigenvalue weighted by Gasteiger charge is -1.97. The molecule has 0 spiro atoms. The smallest absolute Gasteiger partial charge is 0.264 e. The highest BCUT2D eigenvalue weighted by Crippen LogP contribution is 2.24. The van der Waals surface area contributed by atoms with Crippen molar-refractivity contribution in [1.29, 1.82) is 0 Å². The Bertz CT molecular complexity index is 358. The summed E-state index contributed by atoms with van der Waals surface area (Å²) in [4.78, 5) is -0.262. The van der Waals surface area contributed by atoms with Gasteiger partial charge in [-0.3, -0.25) is 0 Å². The van der Waals surface area contributed by atoms with Crippen LogP contribution in [0.4, 0.5) is 0 Å². The van der Waals surface area contributed by atoms with Crippen LogP contribution in [0.2, 0.25) is 0 Å². The Hall–Kier alpha value is -0.740. The number of aromatic hydroxyl groups is 1. The Morgan fingerprint density at radius 3 is 2.18 bits per heavy atom. The summed E-state index contributed by atoms with van der Waals surface area (Å²) in [5.74, 6) is -0.331. The average molecular weight is 193 g/mol. The van der Waals surface area contributed by atoms with Gasteiger partial charge in [-0.05, 0) is 12.1 Å². The summed E-state index contributed by atoms with van der Waals surface area (Å²) in [5.41, 5.74) is 0. The highest BCUT2D eigenvalue weighted by Gasteiger charge is 2.13. The lowest BCUT2D eigenvalue weighted by Crippen LogP contribution is -1.89. The molecular weight excluding hydrogens is 188 g/mol. The van der Waals surface area contributed by atoms with Crippen LogP contribution >= 0.6 is 10.7 Å². The number of phenols is 1. The van der Waals surface area contributed by atoms with Crippen LogP contribution in [-0.4, -0.2) is 13.5 Å². The van der Waals surface area contributed by atoms with E-state index in [9.17, 15) is 8.42 Å². The van der Waals surface area contributed by atoms with Gasteiger partial charge in [0.15, 0.2) is 0 Å². The van der Waals surface area contributed by atoms with E-state index in [0.717, 1.165) is 0 Å². The third-order valence-corrected chi connectivity index (χ3v) is 2.50. The summed E-state index contributed by atoms with van der Waals surface area (Å²) >= 11 is 0. The average Bonchev–Trinajstić information content (AvgIpc) is 1.86. The Morgan fingerprint density at radius 2 is 1.82 bits per heavy atom. The van der Waals surface area contributed by atoms with E-state index < -0.39 is 9.05 Å². The first-order chi connectivity index (χ1) is 5.02. The molecule has 0 aromatic heterocycles. The predicted octanol–water partition coefficient (Wildman–Crippen LogP) is 1.32. The van der Waals surface area contributed by atoms with E-state index >= 15 is 0 Å². The molecule has 1 aromatic carbocycles. The van der Waals surface area contributed by atoms with Gasteiger partial charge in [-0.15, -0.1) is 0 Å². The van der Waals surface area contributed by atoms with Crippen molar-refractivity contribution >= 4 is 19.7 Å². The SMILES string of the molecule is O=S(=O)(Cl)c1ccccc1O. The molecule has 1 N–H and O–H groups in total. The van der Waals surface area contributed by atoms with Crippen molar-refractivity contribution in [2.45, 2.75) is 4.90 Å². The molecule has 1 rings (SSSR count). The molecule has 0 saturated heterocycles. The lowest BCUT2D eigenvalue weighted by molar-refractivity contribution is 0.459. The minimum absolute atomic E-state index is 0.262. The molecule has 1 aromatic rings. The fraction of sp³-hybridized carbons (Fsp3) is 0. The molecule has 0 fully saturated rings. The number of phenolic OH excluding ortho intramolecular Hbond substituents is 1. The molecule has 0 saturated carbocycles. The lowest BCUT2D eigenvalue weighted by atomic mass is 10.3. The highest BCUT2D eigenvalue weighted by molar-refractivity contribution is 8.13. The van der Waals surface area contributed by atoms with Crippen molar-refractivity contribution in [1.82, 2.24) is 0 Å². The van der Waals surface area contributed by atoms with Crippen LogP contribution in [0.25, 0.3) is 0 Å². The van der Waals surface area contributed by atoms with E-state index in [1.165, 1.54) is 24.3 Å². The molecule has 3 nitrogen and oxygen atoms in total. The Kier molecular flexibility index (Phi) is 2.06. The van der Waals surface area contributed by atoms with Gasteiger partial charge < -0.3 is 5.11 Å². The molecule has 60 valence electrons. The maximum atomic E-state index is 10.7. The first kappa shape index (κ1) is 8.36. The molecular formula is C6H5ClO3S. The minimum atomic E-state index is -3.81. The van der Waals surface area contributed by atoms with Gasteiger partial charge in [-0.1, -0.05) is 12.1 Å². The number of rotatable bonds is 1. The van der Waals surface area contributed by atoms with E-state index in [-0.39, 0.29) is 10.6 Å². The summed E-state index contributed by atoms with van der Waals surface area (Å²) in [6.45, 7) is 0. The van der Waals surface area contributed by atoms with Crippen molar-refractivity contribution in [2.75, 3.05) is 0 Å². The van der Waals surface area contributed by atoms with E-state index in [1.807, 2.05) is 0 Å². The van der Waals surface area contributed by atoms with Gasteiger partial charge in [0.05, 0.1) is 0 Å². The van der Waals surface area contributed by atoms with Crippen LogP contribution in [-0.2, 0) is 9.05 Å². The zero-order chi connectivity index (χ0) is 8.48. The Balaban J connectivity index is 3.37. The van der Waals surface area contributed by atoms with Crippen LogP contribution in [0.3, 0.4) is 0 Å². The fourth-order valence-corrected chi connectivity index (χ4v) is 1.61. The second-order valence-corrected chi connectivity index (χ2v) is 4.44. The summed E-state index contributed by atoms with van der Waals surface area (Å²) in [6, 6.07) is 5.49. The predicted molar refractivity (Wildman–Crippen MR) is 41.1 cm³/mol. The molecule has 0 bridgehead atoms. The van der Waals surface area contributed by atoms with Gasteiger partial charge in [0.25, 0.3) is 9.05 Å². The number of benzene rings is 1. The zero-order valence-corrected chi connectivity index (χ0v) is 6.93. The molecule has 0 heterocycles. The van der Waals surface area contributed by atoms with E-state index in [4.69, 9.17) is 15.8 Å². The summed E-state index contributed by atoms with van der Waals surface area (Å²) in [5, 5.41) is 8.98. The van der Waals surface area contributed by atoms with Crippen molar-refractivity contribution in [3.8, 4) is 5.75 Å². The van der Waals surface area contributed by atoms with Gasteiger partial charge in [0.2, 0.25) is 0 Å². The molecule has 0 aliphatic heterocycles. The van der Waals surface area contributed by atoms with Crippen molar-refractivity contribution < 1.29 is 13.5 Å². The fourth-order valence-electron chi connectivity index (χ4n) is 0.663. The number of para-hydroxylation sites is 1. The van der Waals surface area contributed by atoms with Gasteiger partial charge in [-0.25, -0.2) is 8.42 Å². The van der Waals surface area contributed by atoms with Crippen LogP contribution in [0.15, 0.2) is 29.2 Å². The number of hydrogen-bond acceptors (Lipinski definition) is 3. The minimum Gasteiger partial charge on any atom is -0.507 e. The van der Waals surface area contributed by atoms with Gasteiger partial charge in [0, 0.05) is 10.7 Å². The Morgan fingerprint density at radius 1 is 1.27 bits per heavy atom. The number of halogens is 1. The summed E-state index contributed by atoms with van der Waals surface area (Å²) in [6.07, 6.45) is 0. The van der Waals surface area contributed by atoms with Gasteiger partial charge >= 0.3 is 0 Å². The standard InChI is InChI=1S/C6H5ClO3S/c7-11(9,10)6-4-2-1-3-5(6)8/h1-4,8H.